The molecule has 1 aromatic carbocycles. The summed E-state index contributed by atoms with van der Waals surface area (Å²) in [6.45, 7) is 2.44. The summed E-state index contributed by atoms with van der Waals surface area (Å²) < 4.78 is 37.5. The summed E-state index contributed by atoms with van der Waals surface area (Å²) in [5, 5.41) is 10.0. The molecule has 0 aliphatic rings. The second kappa shape index (κ2) is 8.19. The quantitative estimate of drug-likeness (QED) is 0.810. The molecular formula is C17H21F2NO3. The number of ether oxygens (including phenoxy) is 1. The van der Waals surface area contributed by atoms with Crippen molar-refractivity contribution in [3.05, 3.63) is 59.6 Å². The van der Waals surface area contributed by atoms with Crippen LogP contribution in [0.5, 0.6) is 0 Å². The fourth-order valence-electron chi connectivity index (χ4n) is 2.31. The molecule has 2 unspecified atom stereocenters. The zero-order valence-corrected chi connectivity index (χ0v) is 13.2. The van der Waals surface area contributed by atoms with E-state index in [1.165, 1.54) is 6.07 Å². The lowest BCUT2D eigenvalue weighted by atomic mass is 10.1. The molecule has 0 saturated heterocycles. The third-order valence-electron chi connectivity index (χ3n) is 3.70. The van der Waals surface area contributed by atoms with Crippen LogP contribution in [0.4, 0.5) is 8.78 Å². The highest BCUT2D eigenvalue weighted by atomic mass is 19.1. The predicted molar refractivity (Wildman–Crippen MR) is 81.8 cm³/mol. The van der Waals surface area contributed by atoms with Gasteiger partial charge in [0.25, 0.3) is 0 Å². The van der Waals surface area contributed by atoms with Gasteiger partial charge in [-0.1, -0.05) is 0 Å². The number of aliphatic hydroxyl groups excluding tert-OH is 1. The monoisotopic (exact) mass is 325 g/mol. The lowest BCUT2D eigenvalue weighted by Crippen LogP contribution is -2.34. The van der Waals surface area contributed by atoms with E-state index in [1.54, 1.807) is 37.3 Å². The zero-order chi connectivity index (χ0) is 16.8. The number of hydrogen-bond acceptors (Lipinski definition) is 4. The Morgan fingerprint density at radius 3 is 2.78 bits per heavy atom. The Bertz CT molecular complexity index is 604. The Morgan fingerprint density at radius 2 is 2.09 bits per heavy atom. The summed E-state index contributed by atoms with van der Waals surface area (Å²) >= 11 is 0. The maximum atomic E-state index is 13.8. The minimum Gasteiger partial charge on any atom is -0.467 e. The topological polar surface area (TPSA) is 45.8 Å². The molecule has 2 aromatic rings. The van der Waals surface area contributed by atoms with Crippen LogP contribution in [0.15, 0.2) is 41.0 Å². The van der Waals surface area contributed by atoms with Gasteiger partial charge in [-0.15, -0.1) is 0 Å². The summed E-state index contributed by atoms with van der Waals surface area (Å²) in [7, 11) is 1.74. The van der Waals surface area contributed by atoms with Gasteiger partial charge in [0.1, 0.15) is 24.0 Å². The number of rotatable bonds is 8. The highest BCUT2D eigenvalue weighted by Gasteiger charge is 2.19. The van der Waals surface area contributed by atoms with Crippen molar-refractivity contribution < 1.29 is 23.0 Å². The molecule has 4 nitrogen and oxygen atoms in total. The molecule has 0 amide bonds. The predicted octanol–water partition coefficient (Wildman–Crippen LogP) is 3.13. The van der Waals surface area contributed by atoms with Gasteiger partial charge in [-0.05, 0) is 44.3 Å². The van der Waals surface area contributed by atoms with Gasteiger partial charge in [-0.25, -0.2) is 8.78 Å². The standard InChI is InChI=1S/C17H21F2NO3/c1-12(16-8-13(18)5-6-17(16)19)20(2)9-14(21)10-22-11-15-4-3-7-23-15/h3-8,12,14,21H,9-11H2,1-2H3. The molecule has 2 atom stereocenters. The van der Waals surface area contributed by atoms with Crippen LogP contribution in [0.25, 0.3) is 0 Å². The average Bonchev–Trinajstić information content (AvgIpc) is 3.02. The van der Waals surface area contributed by atoms with Crippen LogP contribution in [0.2, 0.25) is 0 Å². The van der Waals surface area contributed by atoms with Crippen molar-refractivity contribution in [3.8, 4) is 0 Å². The molecular weight excluding hydrogens is 304 g/mol. The van der Waals surface area contributed by atoms with Crippen LogP contribution in [0.3, 0.4) is 0 Å². The minimum atomic E-state index is -0.742. The fraction of sp³-hybridized carbons (Fsp3) is 0.412. The molecule has 1 heterocycles. The van der Waals surface area contributed by atoms with Crippen molar-refractivity contribution in [2.24, 2.45) is 0 Å². The number of halogens is 2. The van der Waals surface area contributed by atoms with E-state index >= 15 is 0 Å². The van der Waals surface area contributed by atoms with Crippen molar-refractivity contribution in [1.82, 2.24) is 4.90 Å². The van der Waals surface area contributed by atoms with Gasteiger partial charge in [-0.3, -0.25) is 4.90 Å². The molecule has 0 fully saturated rings. The lowest BCUT2D eigenvalue weighted by Gasteiger charge is -2.27. The molecule has 1 N–H and O–H groups in total. The van der Waals surface area contributed by atoms with Crippen LogP contribution in [0, 0.1) is 11.6 Å². The number of likely N-dealkylation sites (N-methyl/N-ethyl adjacent to an activating group) is 1. The Morgan fingerprint density at radius 1 is 1.30 bits per heavy atom. The third-order valence-corrected chi connectivity index (χ3v) is 3.70. The number of hydrogen-bond donors (Lipinski definition) is 1. The highest BCUT2D eigenvalue weighted by molar-refractivity contribution is 5.21. The van der Waals surface area contributed by atoms with E-state index in [4.69, 9.17) is 9.15 Å². The second-order valence-corrected chi connectivity index (χ2v) is 5.53. The molecule has 0 aliphatic carbocycles. The number of benzene rings is 1. The summed E-state index contributed by atoms with van der Waals surface area (Å²) in [5.41, 5.74) is 0.260. The summed E-state index contributed by atoms with van der Waals surface area (Å²) in [5.74, 6) is -0.265. The summed E-state index contributed by atoms with van der Waals surface area (Å²) in [6, 6.07) is 6.55. The van der Waals surface area contributed by atoms with Crippen LogP contribution in [-0.4, -0.2) is 36.3 Å². The van der Waals surface area contributed by atoms with Gasteiger partial charge in [0.05, 0.1) is 19.0 Å². The van der Waals surface area contributed by atoms with Crippen molar-refractivity contribution in [2.75, 3.05) is 20.2 Å². The zero-order valence-electron chi connectivity index (χ0n) is 13.2. The molecule has 0 radical (unpaired) electrons. The van der Waals surface area contributed by atoms with E-state index in [-0.39, 0.29) is 31.4 Å². The number of aliphatic hydroxyl groups is 1. The molecule has 0 spiro atoms. The van der Waals surface area contributed by atoms with Crippen LogP contribution < -0.4 is 0 Å². The number of nitrogens with zero attached hydrogens (tertiary/aromatic N) is 1. The Kier molecular flexibility index (Phi) is 6.27. The largest absolute Gasteiger partial charge is 0.467 e. The molecule has 0 saturated carbocycles. The van der Waals surface area contributed by atoms with E-state index in [1.807, 2.05) is 0 Å². The van der Waals surface area contributed by atoms with Gasteiger partial charge in [-0.2, -0.15) is 0 Å². The first-order chi connectivity index (χ1) is 11.0. The maximum Gasteiger partial charge on any atom is 0.129 e. The van der Waals surface area contributed by atoms with E-state index < -0.39 is 17.7 Å². The molecule has 1 aromatic heterocycles. The molecule has 2 rings (SSSR count). The minimum absolute atomic E-state index is 0.128. The van der Waals surface area contributed by atoms with Crippen molar-refractivity contribution in [2.45, 2.75) is 25.7 Å². The Hall–Kier alpha value is -1.76. The first-order valence-electron chi connectivity index (χ1n) is 7.40. The molecule has 0 bridgehead atoms. The van der Waals surface area contributed by atoms with Crippen LogP contribution in [-0.2, 0) is 11.3 Å². The van der Waals surface area contributed by atoms with Gasteiger partial charge < -0.3 is 14.3 Å². The SMILES string of the molecule is CC(c1cc(F)ccc1F)N(C)CC(O)COCc1ccco1. The van der Waals surface area contributed by atoms with Gasteiger partial charge in [0.15, 0.2) is 0 Å². The van der Waals surface area contributed by atoms with Crippen LogP contribution in [0.1, 0.15) is 24.3 Å². The van der Waals surface area contributed by atoms with Crippen molar-refractivity contribution in [1.29, 1.82) is 0 Å². The van der Waals surface area contributed by atoms with Crippen molar-refractivity contribution in [3.63, 3.8) is 0 Å². The maximum absolute atomic E-state index is 13.8. The van der Waals surface area contributed by atoms with E-state index in [0.29, 0.717) is 5.76 Å². The van der Waals surface area contributed by atoms with E-state index in [9.17, 15) is 13.9 Å². The Labute approximate surface area is 134 Å². The lowest BCUT2D eigenvalue weighted by molar-refractivity contribution is 0.00365. The molecule has 6 heteroatoms. The number of furan rings is 1. The first kappa shape index (κ1) is 17.6. The van der Waals surface area contributed by atoms with Gasteiger partial charge in [0.2, 0.25) is 0 Å². The highest BCUT2D eigenvalue weighted by Crippen LogP contribution is 2.22. The second-order valence-electron chi connectivity index (χ2n) is 5.53. The normalized spacial score (nSPS) is 14.2. The third kappa shape index (κ3) is 5.13. The van der Waals surface area contributed by atoms with E-state index in [0.717, 1.165) is 12.1 Å². The fourth-order valence-corrected chi connectivity index (χ4v) is 2.31. The molecule has 126 valence electrons. The summed E-state index contributed by atoms with van der Waals surface area (Å²) in [6.07, 6.45) is 0.812. The van der Waals surface area contributed by atoms with Crippen molar-refractivity contribution >= 4 is 0 Å². The van der Waals surface area contributed by atoms with Crippen LogP contribution >= 0.6 is 0 Å². The first-order valence-corrected chi connectivity index (χ1v) is 7.40. The Balaban J connectivity index is 1.82. The average molecular weight is 325 g/mol. The summed E-state index contributed by atoms with van der Waals surface area (Å²) in [4.78, 5) is 1.75. The smallest absolute Gasteiger partial charge is 0.129 e. The van der Waals surface area contributed by atoms with Gasteiger partial charge in [0, 0.05) is 18.2 Å². The van der Waals surface area contributed by atoms with Gasteiger partial charge >= 0.3 is 0 Å². The molecule has 23 heavy (non-hydrogen) atoms. The molecule has 0 aliphatic heterocycles. The van der Waals surface area contributed by atoms with E-state index in [2.05, 4.69) is 0 Å².